The van der Waals surface area contributed by atoms with Gasteiger partial charge < -0.3 is 25.6 Å². The van der Waals surface area contributed by atoms with Crippen molar-refractivity contribution in [2.75, 3.05) is 11.9 Å². The van der Waals surface area contributed by atoms with Crippen LogP contribution in [-0.2, 0) is 12.6 Å². The standard InChI is InChI=1S/C19H22F3N5O3/c1-27-11-10-24-16(27)18(30,19(20,21)22)8-9-23-15(28)12-2-4-13(5-3-12)25-17(29)26-14-6-7-14/h2-5,10-11,14,30H,6-9H2,1H3,(H,23,28)(H2,25,26,29). The summed E-state index contributed by atoms with van der Waals surface area (Å²) in [7, 11) is 1.35. The van der Waals surface area contributed by atoms with E-state index in [1.807, 2.05) is 0 Å². The molecular formula is C19H22F3N5O3. The number of alkyl halides is 3. The fraction of sp³-hybridized carbons (Fsp3) is 0.421. The van der Waals surface area contributed by atoms with Gasteiger partial charge in [0.05, 0.1) is 0 Å². The number of anilines is 1. The van der Waals surface area contributed by atoms with Crippen LogP contribution in [0.1, 0.15) is 35.4 Å². The normalized spacial score (nSPS) is 15.9. The van der Waals surface area contributed by atoms with Crippen LogP contribution in [0, 0.1) is 0 Å². The molecule has 162 valence electrons. The van der Waals surface area contributed by atoms with E-state index in [9.17, 15) is 27.9 Å². The van der Waals surface area contributed by atoms with Crippen LogP contribution in [0.15, 0.2) is 36.7 Å². The number of aromatic nitrogens is 2. The van der Waals surface area contributed by atoms with Gasteiger partial charge in [-0.05, 0) is 37.1 Å². The van der Waals surface area contributed by atoms with Crippen LogP contribution in [0.25, 0.3) is 0 Å². The molecule has 8 nitrogen and oxygen atoms in total. The lowest BCUT2D eigenvalue weighted by Gasteiger charge is -2.30. The number of benzene rings is 1. The van der Waals surface area contributed by atoms with E-state index in [-0.39, 0.29) is 17.6 Å². The Morgan fingerprint density at radius 1 is 1.23 bits per heavy atom. The smallest absolute Gasteiger partial charge is 0.374 e. The molecule has 3 amide bonds. The van der Waals surface area contributed by atoms with E-state index < -0.39 is 36.5 Å². The monoisotopic (exact) mass is 425 g/mol. The summed E-state index contributed by atoms with van der Waals surface area (Å²) >= 11 is 0. The summed E-state index contributed by atoms with van der Waals surface area (Å²) in [5, 5.41) is 18.0. The zero-order valence-electron chi connectivity index (χ0n) is 16.2. The number of aryl methyl sites for hydroxylation is 1. The predicted molar refractivity (Wildman–Crippen MR) is 102 cm³/mol. The van der Waals surface area contributed by atoms with Crippen molar-refractivity contribution in [3.63, 3.8) is 0 Å². The van der Waals surface area contributed by atoms with Gasteiger partial charge in [0.1, 0.15) is 5.82 Å². The lowest BCUT2D eigenvalue weighted by atomic mass is 9.97. The summed E-state index contributed by atoms with van der Waals surface area (Å²) < 4.78 is 41.5. The van der Waals surface area contributed by atoms with Gasteiger partial charge in [0, 0.05) is 49.7 Å². The van der Waals surface area contributed by atoms with Gasteiger partial charge in [-0.2, -0.15) is 13.2 Å². The highest BCUT2D eigenvalue weighted by Crippen LogP contribution is 2.40. The first-order chi connectivity index (χ1) is 14.1. The maximum Gasteiger partial charge on any atom is 0.424 e. The van der Waals surface area contributed by atoms with E-state index in [1.54, 1.807) is 0 Å². The molecule has 0 saturated heterocycles. The number of nitrogens with zero attached hydrogens (tertiary/aromatic N) is 2. The van der Waals surface area contributed by atoms with Gasteiger partial charge in [0.15, 0.2) is 0 Å². The van der Waals surface area contributed by atoms with E-state index >= 15 is 0 Å². The minimum Gasteiger partial charge on any atom is -0.374 e. The number of carbonyl (C=O) groups excluding carboxylic acids is 2. The van der Waals surface area contributed by atoms with Crippen LogP contribution in [-0.4, -0.2) is 45.4 Å². The Labute approximate surface area is 170 Å². The number of imidazole rings is 1. The van der Waals surface area contributed by atoms with Crippen molar-refractivity contribution in [1.29, 1.82) is 0 Å². The molecule has 1 aliphatic carbocycles. The third-order valence-electron chi connectivity index (χ3n) is 4.75. The Morgan fingerprint density at radius 3 is 2.43 bits per heavy atom. The molecule has 1 unspecified atom stereocenters. The van der Waals surface area contributed by atoms with Crippen LogP contribution in [0.2, 0.25) is 0 Å². The number of aliphatic hydroxyl groups is 1. The Hall–Kier alpha value is -3.08. The van der Waals surface area contributed by atoms with Gasteiger partial charge in [-0.1, -0.05) is 0 Å². The largest absolute Gasteiger partial charge is 0.424 e. The second-order valence-corrected chi connectivity index (χ2v) is 7.18. The molecule has 0 spiro atoms. The summed E-state index contributed by atoms with van der Waals surface area (Å²) in [6, 6.07) is 5.78. The molecule has 1 aliphatic rings. The highest BCUT2D eigenvalue weighted by molar-refractivity contribution is 5.95. The molecule has 1 heterocycles. The average molecular weight is 425 g/mol. The topological polar surface area (TPSA) is 108 Å². The quantitative estimate of drug-likeness (QED) is 0.546. The number of urea groups is 1. The number of hydrogen-bond donors (Lipinski definition) is 4. The Kier molecular flexibility index (Phi) is 6.01. The van der Waals surface area contributed by atoms with Crippen molar-refractivity contribution in [3.8, 4) is 0 Å². The van der Waals surface area contributed by atoms with Gasteiger partial charge in [-0.3, -0.25) is 4.79 Å². The first kappa shape index (κ1) is 21.6. The summed E-state index contributed by atoms with van der Waals surface area (Å²) in [5.41, 5.74) is -2.51. The number of amides is 3. The maximum absolute atomic E-state index is 13.5. The minimum atomic E-state index is -4.97. The second kappa shape index (κ2) is 8.34. The molecule has 3 rings (SSSR count). The van der Waals surface area contributed by atoms with Crippen LogP contribution < -0.4 is 16.0 Å². The highest BCUT2D eigenvalue weighted by Gasteiger charge is 2.57. The summed E-state index contributed by atoms with van der Waals surface area (Å²) in [6.07, 6.45) is -1.40. The number of nitrogens with one attached hydrogen (secondary N) is 3. The first-order valence-corrected chi connectivity index (χ1v) is 9.33. The molecule has 11 heteroatoms. The van der Waals surface area contributed by atoms with E-state index in [0.29, 0.717) is 5.69 Å². The summed E-state index contributed by atoms with van der Waals surface area (Å²) in [5.74, 6) is -1.16. The molecule has 0 bridgehead atoms. The maximum atomic E-state index is 13.5. The summed E-state index contributed by atoms with van der Waals surface area (Å²) in [4.78, 5) is 27.5. The van der Waals surface area contributed by atoms with Gasteiger partial charge in [0.2, 0.25) is 5.60 Å². The molecule has 1 atom stereocenters. The minimum absolute atomic E-state index is 0.204. The Morgan fingerprint density at radius 2 is 1.90 bits per heavy atom. The van der Waals surface area contributed by atoms with Gasteiger partial charge >= 0.3 is 12.2 Å². The zero-order valence-corrected chi connectivity index (χ0v) is 16.2. The zero-order chi connectivity index (χ0) is 21.9. The molecule has 1 aromatic heterocycles. The second-order valence-electron chi connectivity index (χ2n) is 7.18. The molecule has 1 aromatic carbocycles. The van der Waals surface area contributed by atoms with Gasteiger partial charge in [-0.25, -0.2) is 9.78 Å². The van der Waals surface area contributed by atoms with E-state index in [2.05, 4.69) is 20.9 Å². The fourth-order valence-electron chi connectivity index (χ4n) is 2.89. The van der Waals surface area contributed by atoms with Crippen LogP contribution in [0.5, 0.6) is 0 Å². The first-order valence-electron chi connectivity index (χ1n) is 9.33. The molecule has 1 fully saturated rings. The van der Waals surface area contributed by atoms with Gasteiger partial charge in [-0.15, -0.1) is 0 Å². The third-order valence-corrected chi connectivity index (χ3v) is 4.75. The van der Waals surface area contributed by atoms with E-state index in [0.717, 1.165) is 23.6 Å². The van der Waals surface area contributed by atoms with Crippen molar-refractivity contribution in [2.45, 2.75) is 37.1 Å². The molecular weight excluding hydrogens is 403 g/mol. The van der Waals surface area contributed by atoms with Crippen LogP contribution in [0.4, 0.5) is 23.7 Å². The molecule has 0 radical (unpaired) electrons. The Balaban J connectivity index is 1.56. The van der Waals surface area contributed by atoms with Crippen molar-refractivity contribution >= 4 is 17.6 Å². The van der Waals surface area contributed by atoms with Crippen molar-refractivity contribution in [3.05, 3.63) is 48.0 Å². The number of hydrogen-bond acceptors (Lipinski definition) is 4. The lowest BCUT2D eigenvalue weighted by molar-refractivity contribution is -0.272. The molecule has 0 aliphatic heterocycles. The molecule has 2 aromatic rings. The van der Waals surface area contributed by atoms with Crippen molar-refractivity contribution in [2.24, 2.45) is 7.05 Å². The predicted octanol–water partition coefficient (Wildman–Crippen LogP) is 2.27. The fourth-order valence-corrected chi connectivity index (χ4v) is 2.89. The van der Waals surface area contributed by atoms with E-state index in [4.69, 9.17) is 0 Å². The number of halogens is 3. The lowest BCUT2D eigenvalue weighted by Crippen LogP contribution is -2.46. The van der Waals surface area contributed by atoms with E-state index in [1.165, 1.54) is 37.5 Å². The average Bonchev–Trinajstić information content (AvgIpc) is 3.37. The van der Waals surface area contributed by atoms with Crippen LogP contribution in [0.3, 0.4) is 0 Å². The summed E-state index contributed by atoms with van der Waals surface area (Å²) in [6.45, 7) is -0.425. The molecule has 4 N–H and O–H groups in total. The number of rotatable bonds is 7. The molecule has 30 heavy (non-hydrogen) atoms. The number of carbonyl (C=O) groups is 2. The molecule has 1 saturated carbocycles. The SMILES string of the molecule is Cn1ccnc1C(O)(CCNC(=O)c1ccc(NC(=O)NC2CC2)cc1)C(F)(F)F. The van der Waals surface area contributed by atoms with Crippen molar-refractivity contribution < 1.29 is 27.9 Å². The van der Waals surface area contributed by atoms with Crippen LogP contribution >= 0.6 is 0 Å². The Bertz CT molecular complexity index is 909. The highest BCUT2D eigenvalue weighted by atomic mass is 19.4. The third kappa shape index (κ3) is 4.90. The van der Waals surface area contributed by atoms with Crippen molar-refractivity contribution in [1.82, 2.24) is 20.2 Å². The van der Waals surface area contributed by atoms with Gasteiger partial charge in [0.25, 0.3) is 5.91 Å².